The second-order valence-corrected chi connectivity index (χ2v) is 8.05. The third kappa shape index (κ3) is 4.99. The van der Waals surface area contributed by atoms with Crippen LogP contribution in [0.5, 0.6) is 0 Å². The van der Waals surface area contributed by atoms with Crippen molar-refractivity contribution in [1.29, 1.82) is 0 Å². The van der Waals surface area contributed by atoms with Crippen LogP contribution in [0.1, 0.15) is 57.8 Å². The number of amides is 2. The summed E-state index contributed by atoms with van der Waals surface area (Å²) in [6.07, 6.45) is 2.11. The first-order valence-electron chi connectivity index (χ1n) is 10.3. The lowest BCUT2D eigenvalue weighted by atomic mass is 9.95. The number of ketones is 1. The molecule has 30 heavy (non-hydrogen) atoms. The van der Waals surface area contributed by atoms with Crippen LogP contribution >= 0.6 is 11.3 Å². The summed E-state index contributed by atoms with van der Waals surface area (Å²) in [4.78, 5) is 39.2. The smallest absolute Gasteiger partial charge is 0.409 e. The zero-order valence-corrected chi connectivity index (χ0v) is 18.1. The number of hydrogen-bond donors (Lipinski definition) is 3. The lowest BCUT2D eigenvalue weighted by Gasteiger charge is -2.20. The number of ether oxygens (including phenoxy) is 1. The number of Topliss-reactive ketones (excluding diaryl/α,β-unsaturated/α-hetero) is 1. The molecule has 7 nitrogen and oxygen atoms in total. The predicted molar refractivity (Wildman–Crippen MR) is 117 cm³/mol. The Hall–Kier alpha value is -2.87. The molecule has 0 aliphatic heterocycles. The second kappa shape index (κ2) is 10.2. The van der Waals surface area contributed by atoms with Gasteiger partial charge < -0.3 is 15.4 Å². The van der Waals surface area contributed by atoms with Crippen molar-refractivity contribution in [2.45, 2.75) is 45.7 Å². The molecule has 1 unspecified atom stereocenters. The highest BCUT2D eigenvalue weighted by atomic mass is 32.1. The van der Waals surface area contributed by atoms with E-state index in [0.717, 1.165) is 36.1 Å². The fraction of sp³-hybridized carbons (Fsp3) is 0.409. The van der Waals surface area contributed by atoms with E-state index >= 15 is 0 Å². The molecule has 2 amide bonds. The number of benzene rings is 1. The third-order valence-electron chi connectivity index (χ3n) is 4.87. The van der Waals surface area contributed by atoms with Gasteiger partial charge in [-0.3, -0.25) is 14.9 Å². The van der Waals surface area contributed by atoms with Crippen LogP contribution in [0.15, 0.2) is 30.3 Å². The van der Waals surface area contributed by atoms with E-state index in [4.69, 9.17) is 4.74 Å². The summed E-state index contributed by atoms with van der Waals surface area (Å²) in [5.41, 5.74) is 2.07. The number of carbonyl (C=O) groups excluding carboxylic acids is 3. The second-order valence-electron chi connectivity index (χ2n) is 6.95. The minimum atomic E-state index is -1.06. The highest BCUT2D eigenvalue weighted by Crippen LogP contribution is 2.38. The average Bonchev–Trinajstić information content (AvgIpc) is 3.11. The Kier molecular flexibility index (Phi) is 7.46. The largest absolute Gasteiger partial charge is 0.450 e. The van der Waals surface area contributed by atoms with Gasteiger partial charge in [0.15, 0.2) is 6.17 Å². The van der Waals surface area contributed by atoms with Gasteiger partial charge in [0.2, 0.25) is 5.78 Å². The average molecular weight is 430 g/mol. The number of nitrogens with one attached hydrogen (secondary N) is 3. The minimum absolute atomic E-state index is 0.165. The van der Waals surface area contributed by atoms with E-state index in [2.05, 4.69) is 16.0 Å². The van der Waals surface area contributed by atoms with Crippen LogP contribution in [-0.4, -0.2) is 37.1 Å². The van der Waals surface area contributed by atoms with Crippen molar-refractivity contribution in [3.8, 4) is 0 Å². The van der Waals surface area contributed by atoms with Gasteiger partial charge in [-0.25, -0.2) is 4.79 Å². The third-order valence-corrected chi connectivity index (χ3v) is 6.09. The van der Waals surface area contributed by atoms with Gasteiger partial charge in [0, 0.05) is 17.0 Å². The fourth-order valence-electron chi connectivity index (χ4n) is 3.51. The van der Waals surface area contributed by atoms with E-state index < -0.39 is 12.3 Å². The monoisotopic (exact) mass is 429 g/mol. The lowest BCUT2D eigenvalue weighted by molar-refractivity contribution is 0.0933. The number of rotatable bonds is 8. The molecule has 8 heteroatoms. The number of aryl methyl sites for hydroxylation is 1. The molecule has 0 bridgehead atoms. The van der Waals surface area contributed by atoms with Crippen molar-refractivity contribution < 1.29 is 19.1 Å². The Bertz CT molecular complexity index is 911. The van der Waals surface area contributed by atoms with Crippen molar-refractivity contribution in [1.82, 2.24) is 10.6 Å². The van der Waals surface area contributed by atoms with Crippen molar-refractivity contribution in [2.24, 2.45) is 0 Å². The predicted octanol–water partition coefficient (Wildman–Crippen LogP) is 3.74. The summed E-state index contributed by atoms with van der Waals surface area (Å²) in [5.74, 6) is -0.474. The highest BCUT2D eigenvalue weighted by Gasteiger charge is 2.29. The van der Waals surface area contributed by atoms with Gasteiger partial charge in [-0.15, -0.1) is 11.3 Å². The van der Waals surface area contributed by atoms with Crippen molar-refractivity contribution in [3.63, 3.8) is 0 Å². The molecule has 0 saturated heterocycles. The number of alkyl carbamates (subject to hydrolysis) is 1. The molecule has 1 aromatic carbocycles. The summed E-state index contributed by atoms with van der Waals surface area (Å²) >= 11 is 1.48. The van der Waals surface area contributed by atoms with E-state index in [1.165, 1.54) is 11.3 Å². The maximum Gasteiger partial charge on any atom is 0.409 e. The van der Waals surface area contributed by atoms with Gasteiger partial charge in [-0.05, 0) is 45.1 Å². The zero-order valence-electron chi connectivity index (χ0n) is 17.2. The molecule has 160 valence electrons. The summed E-state index contributed by atoms with van der Waals surface area (Å²) in [5, 5.41) is 9.18. The molecule has 1 atom stereocenters. The van der Waals surface area contributed by atoms with E-state index in [-0.39, 0.29) is 18.3 Å². The fourth-order valence-corrected chi connectivity index (χ4v) is 4.83. The zero-order chi connectivity index (χ0) is 21.5. The van der Waals surface area contributed by atoms with Crippen molar-refractivity contribution in [2.75, 3.05) is 18.5 Å². The molecule has 0 radical (unpaired) electrons. The van der Waals surface area contributed by atoms with Crippen LogP contribution < -0.4 is 16.0 Å². The number of thiophene rings is 1. The number of carbonyl (C=O) groups is 3. The first-order valence-corrected chi connectivity index (χ1v) is 11.1. The van der Waals surface area contributed by atoms with Crippen LogP contribution in [-0.2, 0) is 17.6 Å². The Morgan fingerprint density at radius 3 is 2.53 bits per heavy atom. The Labute approximate surface area is 180 Å². The van der Waals surface area contributed by atoms with Crippen LogP contribution in [0.2, 0.25) is 0 Å². The lowest BCUT2D eigenvalue weighted by Crippen LogP contribution is -2.46. The van der Waals surface area contributed by atoms with Crippen molar-refractivity contribution >= 4 is 34.1 Å². The molecular formula is C22H27N3O4S. The SMILES string of the molecule is CCNC(=O)c1c(NC(NC(=O)OCC)C(=O)c2ccccc2)sc2c1CCCC2. The number of anilines is 1. The first kappa shape index (κ1) is 21.8. The summed E-state index contributed by atoms with van der Waals surface area (Å²) in [6.45, 7) is 4.27. The minimum Gasteiger partial charge on any atom is -0.450 e. The number of fused-ring (bicyclic) bond motifs is 1. The Morgan fingerprint density at radius 2 is 1.83 bits per heavy atom. The maximum atomic E-state index is 13.1. The van der Waals surface area contributed by atoms with E-state index in [0.29, 0.717) is 22.7 Å². The maximum absolute atomic E-state index is 13.1. The molecule has 1 aliphatic rings. The topological polar surface area (TPSA) is 96.5 Å². The van der Waals surface area contributed by atoms with Crippen LogP contribution in [0, 0.1) is 0 Å². The summed E-state index contributed by atoms with van der Waals surface area (Å²) in [6, 6.07) is 8.72. The molecule has 2 aromatic rings. The van der Waals surface area contributed by atoms with E-state index in [1.807, 2.05) is 13.0 Å². The van der Waals surface area contributed by atoms with E-state index in [1.54, 1.807) is 31.2 Å². The molecule has 0 spiro atoms. The van der Waals surface area contributed by atoms with Gasteiger partial charge in [-0.1, -0.05) is 30.3 Å². The normalized spacial score (nSPS) is 13.7. The molecule has 0 saturated carbocycles. The molecule has 1 aliphatic carbocycles. The highest BCUT2D eigenvalue weighted by molar-refractivity contribution is 7.16. The van der Waals surface area contributed by atoms with E-state index in [9.17, 15) is 14.4 Å². The summed E-state index contributed by atoms with van der Waals surface area (Å²) in [7, 11) is 0. The van der Waals surface area contributed by atoms with Gasteiger partial charge >= 0.3 is 6.09 Å². The van der Waals surface area contributed by atoms with Crippen LogP contribution in [0.4, 0.5) is 9.80 Å². The molecule has 0 fully saturated rings. The molecule has 3 N–H and O–H groups in total. The molecule has 3 rings (SSSR count). The number of hydrogen-bond acceptors (Lipinski definition) is 6. The summed E-state index contributed by atoms with van der Waals surface area (Å²) < 4.78 is 4.98. The van der Waals surface area contributed by atoms with Gasteiger partial charge in [-0.2, -0.15) is 0 Å². The van der Waals surface area contributed by atoms with Gasteiger partial charge in [0.25, 0.3) is 5.91 Å². The molecular weight excluding hydrogens is 402 g/mol. The molecule has 1 heterocycles. The first-order chi connectivity index (χ1) is 14.5. The van der Waals surface area contributed by atoms with Gasteiger partial charge in [0.05, 0.1) is 12.2 Å². The Morgan fingerprint density at radius 1 is 1.10 bits per heavy atom. The van der Waals surface area contributed by atoms with Gasteiger partial charge in [0.1, 0.15) is 5.00 Å². The standard InChI is InChI=1S/C22H27N3O4S/c1-3-23-20(27)17-15-12-8-9-13-16(15)30-21(17)24-19(25-22(28)29-4-2)18(26)14-10-6-5-7-11-14/h5-7,10-11,19,24H,3-4,8-9,12-13H2,1-2H3,(H,23,27)(H,25,28). The van der Waals surface area contributed by atoms with Crippen molar-refractivity contribution in [3.05, 3.63) is 51.9 Å². The van der Waals surface area contributed by atoms with Crippen LogP contribution in [0.25, 0.3) is 0 Å². The Balaban J connectivity index is 1.95. The molecule has 1 aromatic heterocycles. The van der Waals surface area contributed by atoms with Crippen LogP contribution in [0.3, 0.4) is 0 Å². The quantitative estimate of drug-likeness (QED) is 0.439.